The highest BCUT2D eigenvalue weighted by Gasteiger charge is 2.28. The van der Waals surface area contributed by atoms with Crippen molar-refractivity contribution >= 4 is 23.2 Å². The Morgan fingerprint density at radius 3 is 1.73 bits per heavy atom. The van der Waals surface area contributed by atoms with Gasteiger partial charge in [0, 0.05) is 32.3 Å². The summed E-state index contributed by atoms with van der Waals surface area (Å²) in [6.45, 7) is 0. The van der Waals surface area contributed by atoms with E-state index in [0.29, 0.717) is 38.0 Å². The van der Waals surface area contributed by atoms with Crippen LogP contribution in [0.5, 0.6) is 0 Å². The Hall–Kier alpha value is -3.42. The molecule has 0 fully saturated rings. The summed E-state index contributed by atoms with van der Waals surface area (Å²) in [5.74, 6) is -6.91. The maximum atomic E-state index is 14.9. The van der Waals surface area contributed by atoms with Crippen LogP contribution in [0.2, 0.25) is 10.0 Å². The Morgan fingerprint density at radius 1 is 0.636 bits per heavy atom. The molecular formula is C24H11Cl2F4N3. The van der Waals surface area contributed by atoms with Gasteiger partial charge in [0.05, 0.1) is 11.4 Å². The molecule has 1 aliphatic heterocycles. The summed E-state index contributed by atoms with van der Waals surface area (Å²) < 4.78 is 58.7. The van der Waals surface area contributed by atoms with E-state index >= 15 is 0 Å². The zero-order valence-corrected chi connectivity index (χ0v) is 18.0. The number of pyridine rings is 1. The zero-order chi connectivity index (χ0) is 23.3. The van der Waals surface area contributed by atoms with Crippen molar-refractivity contribution < 1.29 is 17.6 Å². The highest BCUT2D eigenvalue weighted by molar-refractivity contribution is 6.31. The molecule has 0 N–H and O–H groups in total. The third-order valence-electron chi connectivity index (χ3n) is 5.16. The van der Waals surface area contributed by atoms with E-state index in [-0.39, 0.29) is 5.69 Å². The molecule has 5 rings (SSSR count). The Morgan fingerprint density at radius 2 is 1.15 bits per heavy atom. The van der Waals surface area contributed by atoms with Crippen LogP contribution in [0.4, 0.5) is 17.6 Å². The van der Waals surface area contributed by atoms with Gasteiger partial charge in [-0.15, -0.1) is 0 Å². The van der Waals surface area contributed by atoms with Crippen LogP contribution < -0.4 is 0 Å². The lowest BCUT2D eigenvalue weighted by Crippen LogP contribution is -2.15. The van der Waals surface area contributed by atoms with Gasteiger partial charge in [-0.05, 0) is 24.3 Å². The van der Waals surface area contributed by atoms with Crippen LogP contribution in [-0.4, -0.2) is 14.8 Å². The van der Waals surface area contributed by atoms with Gasteiger partial charge < -0.3 is 0 Å². The van der Waals surface area contributed by atoms with Crippen LogP contribution in [-0.2, 0) is 0 Å². The number of aromatic nitrogens is 3. The van der Waals surface area contributed by atoms with Crippen molar-refractivity contribution in [2.24, 2.45) is 0 Å². The molecule has 33 heavy (non-hydrogen) atoms. The van der Waals surface area contributed by atoms with Gasteiger partial charge in [0.2, 0.25) is 11.6 Å². The fourth-order valence-corrected chi connectivity index (χ4v) is 3.93. The molecule has 2 aliphatic rings. The lowest BCUT2D eigenvalue weighted by Gasteiger charge is -2.21. The van der Waals surface area contributed by atoms with Crippen LogP contribution in [0.25, 0.3) is 39.3 Å². The number of hydrogen-bond donors (Lipinski definition) is 0. The van der Waals surface area contributed by atoms with Crippen molar-refractivity contribution in [1.29, 1.82) is 0 Å². The van der Waals surface area contributed by atoms with E-state index in [1.54, 1.807) is 66.7 Å². The predicted octanol–water partition coefficient (Wildman–Crippen LogP) is 7.57. The quantitative estimate of drug-likeness (QED) is 0.194. The highest BCUT2D eigenvalue weighted by atomic mass is 35.5. The van der Waals surface area contributed by atoms with Crippen molar-refractivity contribution in [3.63, 3.8) is 0 Å². The Bertz CT molecular complexity index is 1440. The Kier molecular flexibility index (Phi) is 5.31. The molecule has 0 radical (unpaired) electrons. The van der Waals surface area contributed by atoms with Crippen LogP contribution in [0, 0.1) is 23.5 Å². The first-order chi connectivity index (χ1) is 15.8. The van der Waals surface area contributed by atoms with E-state index in [9.17, 15) is 17.6 Å². The second-order valence-corrected chi connectivity index (χ2v) is 8.02. The van der Waals surface area contributed by atoms with E-state index in [4.69, 9.17) is 23.2 Å². The van der Waals surface area contributed by atoms with Gasteiger partial charge in [0.25, 0.3) is 11.9 Å². The van der Waals surface area contributed by atoms with E-state index < -0.39 is 29.2 Å². The average Bonchev–Trinajstić information content (AvgIpc) is 3.28. The van der Waals surface area contributed by atoms with E-state index in [1.807, 2.05) is 0 Å². The predicted molar refractivity (Wildman–Crippen MR) is 119 cm³/mol. The topological polar surface area (TPSA) is 30.7 Å². The number of fused-ring (bicyclic) bond motifs is 1. The maximum Gasteiger partial charge on any atom is 0.254 e. The lowest BCUT2D eigenvalue weighted by atomic mass is 9.98. The number of benzene rings is 2. The minimum atomic E-state index is -1.78. The van der Waals surface area contributed by atoms with Crippen molar-refractivity contribution in [2.75, 3.05) is 0 Å². The minimum absolute atomic E-state index is 0.215. The molecule has 0 unspecified atom stereocenters. The van der Waals surface area contributed by atoms with Crippen molar-refractivity contribution in [2.45, 2.75) is 0 Å². The molecule has 2 heterocycles. The van der Waals surface area contributed by atoms with Crippen molar-refractivity contribution in [3.8, 4) is 39.3 Å². The first kappa shape index (κ1) is 21.4. The third kappa shape index (κ3) is 3.63. The standard InChI is InChI=1S/C24H11Cl2F4N3/c25-14-8-4-12(5-9-14)20-16-2-1-3-17(16)21(13-6-10-15(26)11-7-13)33(32-20)22-18(27)23(29)31-24(30)19(22)28/h1-11H. The average molecular weight is 488 g/mol. The summed E-state index contributed by atoms with van der Waals surface area (Å²) in [5.41, 5.74) is 1.80. The van der Waals surface area contributed by atoms with Gasteiger partial charge in [-0.25, -0.2) is 4.68 Å². The lowest BCUT2D eigenvalue weighted by molar-refractivity contribution is 0.400. The fourth-order valence-electron chi connectivity index (χ4n) is 3.68. The van der Waals surface area contributed by atoms with Gasteiger partial charge in [0.1, 0.15) is 5.69 Å². The monoisotopic (exact) mass is 487 g/mol. The molecule has 0 saturated heterocycles. The summed E-state index contributed by atoms with van der Waals surface area (Å²) in [6.07, 6.45) is 0. The summed E-state index contributed by atoms with van der Waals surface area (Å²) in [7, 11) is 0. The van der Waals surface area contributed by atoms with Gasteiger partial charge in [0.15, 0.2) is 0 Å². The normalized spacial score (nSPS) is 11.3. The van der Waals surface area contributed by atoms with Crippen LogP contribution in [0.1, 0.15) is 0 Å². The highest BCUT2D eigenvalue weighted by Crippen LogP contribution is 2.42. The van der Waals surface area contributed by atoms with Gasteiger partial charge in [-0.1, -0.05) is 65.7 Å². The number of hydrogen-bond acceptors (Lipinski definition) is 2. The van der Waals surface area contributed by atoms with E-state index in [2.05, 4.69) is 10.1 Å². The second-order valence-electron chi connectivity index (χ2n) is 7.15. The third-order valence-corrected chi connectivity index (χ3v) is 5.66. The molecule has 1 aromatic heterocycles. The number of nitrogens with zero attached hydrogens (tertiary/aromatic N) is 3. The summed E-state index contributed by atoms with van der Waals surface area (Å²) in [6, 6.07) is 18.3. The molecular weight excluding hydrogens is 477 g/mol. The molecule has 3 nitrogen and oxygen atoms in total. The molecule has 0 bridgehead atoms. The van der Waals surface area contributed by atoms with Gasteiger partial charge in [-0.2, -0.15) is 27.6 Å². The first-order valence-electron chi connectivity index (χ1n) is 9.59. The van der Waals surface area contributed by atoms with Crippen LogP contribution in [0.15, 0.2) is 66.7 Å². The molecule has 0 spiro atoms. The molecule has 2 aromatic carbocycles. The van der Waals surface area contributed by atoms with E-state index in [0.717, 1.165) is 4.68 Å². The number of rotatable bonds is 3. The SMILES string of the molecule is Fc1nc(F)c(F)c(-n2nc(-c3ccc(Cl)cc3)c3cccc-3c2-c2ccc(Cl)cc2)c1F. The number of halogens is 6. The van der Waals surface area contributed by atoms with Gasteiger partial charge >= 0.3 is 0 Å². The van der Waals surface area contributed by atoms with Crippen molar-refractivity contribution in [3.05, 3.63) is 100 Å². The first-order valence-corrected chi connectivity index (χ1v) is 10.3. The maximum absolute atomic E-state index is 14.9. The molecule has 164 valence electrons. The largest absolute Gasteiger partial charge is 0.254 e. The Labute approximate surface area is 195 Å². The Balaban J connectivity index is 1.93. The molecule has 3 aromatic rings. The molecule has 0 atom stereocenters. The summed E-state index contributed by atoms with van der Waals surface area (Å²) in [4.78, 5) is 2.66. The molecule has 1 aliphatic carbocycles. The molecule has 9 heteroatoms. The smallest absolute Gasteiger partial charge is 0.226 e. The summed E-state index contributed by atoms with van der Waals surface area (Å²) in [5, 5.41) is 5.37. The van der Waals surface area contributed by atoms with Gasteiger partial charge in [-0.3, -0.25) is 0 Å². The fraction of sp³-hybridized carbons (Fsp3) is 0. The van der Waals surface area contributed by atoms with Crippen LogP contribution in [0.3, 0.4) is 0 Å². The minimum Gasteiger partial charge on any atom is -0.226 e. The van der Waals surface area contributed by atoms with Crippen LogP contribution >= 0.6 is 23.2 Å². The zero-order valence-electron chi connectivity index (χ0n) is 16.5. The van der Waals surface area contributed by atoms with E-state index in [1.165, 1.54) is 0 Å². The molecule has 0 amide bonds. The second kappa shape index (κ2) is 8.17. The van der Waals surface area contributed by atoms with Crippen molar-refractivity contribution in [1.82, 2.24) is 14.8 Å². The molecule has 0 saturated carbocycles. The summed E-state index contributed by atoms with van der Waals surface area (Å²) >= 11 is 12.0.